The lowest BCUT2D eigenvalue weighted by molar-refractivity contribution is 0.198. The molecule has 0 aliphatic heterocycles. The summed E-state index contributed by atoms with van der Waals surface area (Å²) in [6.45, 7) is 5.43. The minimum atomic E-state index is 0.260. The Bertz CT molecular complexity index is 373. The third-order valence-electron chi connectivity index (χ3n) is 3.84. The zero-order valence-corrected chi connectivity index (χ0v) is 10.9. The molecule has 94 valence electrons. The molecular weight excluding hydrogens is 210 g/mol. The summed E-state index contributed by atoms with van der Waals surface area (Å²) in [5.41, 5.74) is 4.21. The molecule has 0 amide bonds. The first-order valence-corrected chi connectivity index (χ1v) is 6.67. The fraction of sp³-hybridized carbons (Fsp3) is 0.600. The van der Waals surface area contributed by atoms with Crippen molar-refractivity contribution < 1.29 is 5.11 Å². The van der Waals surface area contributed by atoms with Crippen molar-refractivity contribution in [1.82, 2.24) is 0 Å². The van der Waals surface area contributed by atoms with Crippen LogP contribution in [0.25, 0.3) is 0 Å². The summed E-state index contributed by atoms with van der Waals surface area (Å²) in [7, 11) is 0. The van der Waals surface area contributed by atoms with E-state index in [1.54, 1.807) is 0 Å². The fourth-order valence-electron chi connectivity index (χ4n) is 2.44. The van der Waals surface area contributed by atoms with Gasteiger partial charge in [0.2, 0.25) is 0 Å². The smallest absolute Gasteiger partial charge is 0.0478 e. The Balaban J connectivity index is 1.95. The first-order valence-electron chi connectivity index (χ1n) is 6.67. The van der Waals surface area contributed by atoms with Gasteiger partial charge in [0.1, 0.15) is 0 Å². The lowest BCUT2D eigenvalue weighted by atomic mass is 9.97. The molecule has 1 aliphatic carbocycles. The molecule has 0 heterocycles. The predicted octanol–water partition coefficient (Wildman–Crippen LogP) is 2.85. The third kappa shape index (κ3) is 3.01. The number of aliphatic hydroxyl groups excluding tert-OH is 1. The van der Waals surface area contributed by atoms with Crippen LogP contribution in [0.15, 0.2) is 18.2 Å². The van der Waals surface area contributed by atoms with E-state index in [9.17, 15) is 5.11 Å². The van der Waals surface area contributed by atoms with Crippen LogP contribution in [0.2, 0.25) is 0 Å². The first kappa shape index (κ1) is 12.4. The molecule has 0 saturated heterocycles. The maximum atomic E-state index is 9.29. The van der Waals surface area contributed by atoms with Crippen LogP contribution in [0.3, 0.4) is 0 Å². The molecule has 2 rings (SSSR count). The number of rotatable bonds is 5. The van der Waals surface area contributed by atoms with E-state index in [0.29, 0.717) is 11.8 Å². The number of aryl methyl sites for hydroxylation is 2. The molecule has 2 N–H and O–H groups in total. The van der Waals surface area contributed by atoms with E-state index in [2.05, 4.69) is 37.4 Å². The van der Waals surface area contributed by atoms with Crippen LogP contribution in [0.4, 0.5) is 5.69 Å². The van der Waals surface area contributed by atoms with Gasteiger partial charge in [-0.3, -0.25) is 0 Å². The van der Waals surface area contributed by atoms with E-state index in [-0.39, 0.29) is 6.61 Å². The van der Waals surface area contributed by atoms with Crippen LogP contribution >= 0.6 is 0 Å². The molecule has 17 heavy (non-hydrogen) atoms. The summed E-state index contributed by atoms with van der Waals surface area (Å²) in [5, 5.41) is 12.7. The summed E-state index contributed by atoms with van der Waals surface area (Å²) in [4.78, 5) is 0. The lowest BCUT2D eigenvalue weighted by Gasteiger charge is -2.19. The van der Waals surface area contributed by atoms with E-state index in [1.165, 1.54) is 36.1 Å². The van der Waals surface area contributed by atoms with Gasteiger partial charge in [-0.15, -0.1) is 0 Å². The zero-order chi connectivity index (χ0) is 12.3. The normalized spacial score (nSPS) is 16.0. The number of hydrogen-bond donors (Lipinski definition) is 2. The molecule has 0 fully saturated rings. The molecule has 2 nitrogen and oxygen atoms in total. The molecule has 1 aliphatic rings. The minimum Gasteiger partial charge on any atom is -0.396 e. The second kappa shape index (κ2) is 5.54. The Kier molecular flexibility index (Phi) is 4.06. The van der Waals surface area contributed by atoms with E-state index >= 15 is 0 Å². The summed E-state index contributed by atoms with van der Waals surface area (Å²) < 4.78 is 0. The molecule has 0 spiro atoms. The number of aliphatic hydroxyl groups is 1. The molecule has 0 bridgehead atoms. The lowest BCUT2D eigenvalue weighted by Crippen LogP contribution is -2.22. The number of hydrogen-bond acceptors (Lipinski definition) is 2. The van der Waals surface area contributed by atoms with E-state index in [4.69, 9.17) is 0 Å². The molecule has 0 saturated carbocycles. The predicted molar refractivity (Wildman–Crippen MR) is 72.4 cm³/mol. The topological polar surface area (TPSA) is 32.3 Å². The van der Waals surface area contributed by atoms with Crippen LogP contribution in [-0.4, -0.2) is 18.3 Å². The van der Waals surface area contributed by atoms with E-state index in [1.807, 2.05) is 0 Å². The largest absolute Gasteiger partial charge is 0.396 e. The Morgan fingerprint density at radius 2 is 2.00 bits per heavy atom. The van der Waals surface area contributed by atoms with Crippen molar-refractivity contribution in [3.63, 3.8) is 0 Å². The van der Waals surface area contributed by atoms with Gasteiger partial charge in [-0.1, -0.05) is 19.9 Å². The average molecular weight is 233 g/mol. The summed E-state index contributed by atoms with van der Waals surface area (Å²) >= 11 is 0. The van der Waals surface area contributed by atoms with Gasteiger partial charge in [-0.2, -0.15) is 0 Å². The van der Waals surface area contributed by atoms with Crippen molar-refractivity contribution in [3.05, 3.63) is 29.3 Å². The average Bonchev–Trinajstić information content (AvgIpc) is 2.76. The van der Waals surface area contributed by atoms with Crippen LogP contribution in [0.1, 0.15) is 31.4 Å². The van der Waals surface area contributed by atoms with E-state index in [0.717, 1.165) is 6.54 Å². The summed E-state index contributed by atoms with van der Waals surface area (Å²) in [6, 6.07) is 6.68. The molecular formula is C15H23NO. The van der Waals surface area contributed by atoms with Gasteiger partial charge < -0.3 is 10.4 Å². The second-order valence-corrected chi connectivity index (χ2v) is 5.40. The Hall–Kier alpha value is -1.02. The van der Waals surface area contributed by atoms with Gasteiger partial charge in [0, 0.05) is 24.8 Å². The SMILES string of the molecule is CC(C)C(CO)CNc1ccc2c(c1)CCC2. The highest BCUT2D eigenvalue weighted by Gasteiger charge is 2.13. The Morgan fingerprint density at radius 1 is 1.24 bits per heavy atom. The molecule has 1 unspecified atom stereocenters. The summed E-state index contributed by atoms with van der Waals surface area (Å²) in [5.74, 6) is 0.852. The maximum Gasteiger partial charge on any atom is 0.0478 e. The highest BCUT2D eigenvalue weighted by molar-refractivity contribution is 5.50. The number of fused-ring (bicyclic) bond motifs is 1. The van der Waals surface area contributed by atoms with Gasteiger partial charge in [0.25, 0.3) is 0 Å². The molecule has 0 radical (unpaired) electrons. The van der Waals surface area contributed by atoms with Crippen molar-refractivity contribution in [2.45, 2.75) is 33.1 Å². The van der Waals surface area contributed by atoms with Gasteiger partial charge >= 0.3 is 0 Å². The molecule has 1 atom stereocenters. The van der Waals surface area contributed by atoms with Crippen molar-refractivity contribution >= 4 is 5.69 Å². The van der Waals surface area contributed by atoms with Crippen LogP contribution in [0.5, 0.6) is 0 Å². The molecule has 1 aromatic carbocycles. The third-order valence-corrected chi connectivity index (χ3v) is 3.84. The number of benzene rings is 1. The number of anilines is 1. The van der Waals surface area contributed by atoms with Crippen LogP contribution in [0, 0.1) is 11.8 Å². The summed E-state index contributed by atoms with van der Waals surface area (Å²) in [6.07, 6.45) is 3.75. The second-order valence-electron chi connectivity index (χ2n) is 5.40. The van der Waals surface area contributed by atoms with Crippen LogP contribution in [-0.2, 0) is 12.8 Å². The zero-order valence-electron chi connectivity index (χ0n) is 10.9. The van der Waals surface area contributed by atoms with Crippen LogP contribution < -0.4 is 5.32 Å². The quantitative estimate of drug-likeness (QED) is 0.819. The first-order chi connectivity index (χ1) is 8.20. The van der Waals surface area contributed by atoms with Gasteiger partial charge in [-0.25, -0.2) is 0 Å². The van der Waals surface area contributed by atoms with Gasteiger partial charge in [0.15, 0.2) is 0 Å². The minimum absolute atomic E-state index is 0.260. The van der Waals surface area contributed by atoms with E-state index < -0.39 is 0 Å². The van der Waals surface area contributed by atoms with Gasteiger partial charge in [0.05, 0.1) is 0 Å². The Morgan fingerprint density at radius 3 is 2.71 bits per heavy atom. The van der Waals surface area contributed by atoms with Crippen molar-refractivity contribution in [2.24, 2.45) is 11.8 Å². The maximum absolute atomic E-state index is 9.29. The standard InChI is InChI=1S/C15H23NO/c1-11(2)14(10-17)9-16-15-7-6-12-4-3-5-13(12)8-15/h6-8,11,14,16-17H,3-5,9-10H2,1-2H3. The van der Waals surface area contributed by atoms with Gasteiger partial charge in [-0.05, 0) is 48.4 Å². The van der Waals surface area contributed by atoms with Crippen molar-refractivity contribution in [1.29, 1.82) is 0 Å². The molecule has 0 aromatic heterocycles. The highest BCUT2D eigenvalue weighted by atomic mass is 16.3. The fourth-order valence-corrected chi connectivity index (χ4v) is 2.44. The number of nitrogens with one attached hydrogen (secondary N) is 1. The monoisotopic (exact) mass is 233 g/mol. The van der Waals surface area contributed by atoms with Crippen molar-refractivity contribution in [2.75, 3.05) is 18.5 Å². The highest BCUT2D eigenvalue weighted by Crippen LogP contribution is 2.25. The Labute approximate surface area is 104 Å². The molecule has 1 aromatic rings. The molecule has 2 heteroatoms. The van der Waals surface area contributed by atoms with Crippen molar-refractivity contribution in [3.8, 4) is 0 Å².